The molecule has 0 aromatic heterocycles. The number of nitrogens with one attached hydrogen (secondary N) is 1. The summed E-state index contributed by atoms with van der Waals surface area (Å²) in [6, 6.07) is 11.9. The molecule has 0 saturated carbocycles. The van der Waals surface area contributed by atoms with Crippen molar-refractivity contribution in [1.82, 2.24) is 9.32 Å². The highest BCUT2D eigenvalue weighted by molar-refractivity contribution is 6.16. The SMILES string of the molecule is CC(C)COC(=O)c1ccc(NC(=O)[C@@H]2c3cccc(C4=CCN(C(=O)OC(C)(C)C)CC4)c3CCN2Cl)cc1. The van der Waals surface area contributed by atoms with Gasteiger partial charge in [0.25, 0.3) is 0 Å². The third-order valence-electron chi connectivity index (χ3n) is 6.75. The first-order chi connectivity index (χ1) is 18.9. The molecule has 214 valence electrons. The van der Waals surface area contributed by atoms with Gasteiger partial charge >= 0.3 is 12.1 Å². The van der Waals surface area contributed by atoms with E-state index in [-0.39, 0.29) is 17.9 Å². The number of nitrogens with zero attached hydrogens (tertiary/aromatic N) is 2. The standard InChI is InChI=1S/C31H38ClN3O5/c1-20(2)19-39-29(37)22-9-11-23(12-10-22)33-28(36)27-26-8-6-7-24(25(26)15-18-35(27)32)21-13-16-34(17-14-21)30(38)40-31(3,4)5/h6-13,20,27H,14-19H2,1-5H3,(H,33,36)/t27-/m0/s1. The molecule has 0 fully saturated rings. The van der Waals surface area contributed by atoms with Gasteiger partial charge in [-0.2, -0.15) is 0 Å². The molecule has 0 radical (unpaired) electrons. The number of benzene rings is 2. The van der Waals surface area contributed by atoms with Gasteiger partial charge in [-0.15, -0.1) is 0 Å². The summed E-state index contributed by atoms with van der Waals surface area (Å²) in [5, 5.41) is 2.95. The Hall–Kier alpha value is -3.36. The van der Waals surface area contributed by atoms with Crippen molar-refractivity contribution >= 4 is 41.0 Å². The van der Waals surface area contributed by atoms with E-state index in [1.54, 1.807) is 33.6 Å². The number of carbonyl (C=O) groups excluding carboxylic acids is 3. The number of hydrogen-bond acceptors (Lipinski definition) is 6. The van der Waals surface area contributed by atoms with Gasteiger partial charge in [-0.05, 0) is 97.8 Å². The van der Waals surface area contributed by atoms with Crippen LogP contribution in [-0.2, 0) is 20.7 Å². The fourth-order valence-electron chi connectivity index (χ4n) is 4.84. The van der Waals surface area contributed by atoms with Crippen LogP contribution >= 0.6 is 11.8 Å². The van der Waals surface area contributed by atoms with Crippen molar-refractivity contribution in [1.29, 1.82) is 0 Å². The molecule has 1 atom stereocenters. The van der Waals surface area contributed by atoms with Crippen LogP contribution in [0.5, 0.6) is 0 Å². The minimum atomic E-state index is -0.677. The van der Waals surface area contributed by atoms with Crippen molar-refractivity contribution < 1.29 is 23.9 Å². The highest BCUT2D eigenvalue weighted by Crippen LogP contribution is 2.37. The molecule has 2 aromatic rings. The number of amides is 2. The summed E-state index contributed by atoms with van der Waals surface area (Å²) in [4.78, 5) is 39.9. The maximum atomic E-state index is 13.5. The normalized spacial score (nSPS) is 17.6. The molecule has 1 N–H and O–H groups in total. The van der Waals surface area contributed by atoms with Crippen LogP contribution in [0.4, 0.5) is 10.5 Å². The molecule has 0 bridgehead atoms. The van der Waals surface area contributed by atoms with Gasteiger partial charge in [-0.25, -0.2) is 14.0 Å². The lowest BCUT2D eigenvalue weighted by molar-refractivity contribution is -0.120. The first kappa shape index (κ1) is 29.6. The van der Waals surface area contributed by atoms with Crippen LogP contribution in [-0.4, -0.2) is 59.1 Å². The van der Waals surface area contributed by atoms with Gasteiger partial charge in [0.2, 0.25) is 5.91 Å². The van der Waals surface area contributed by atoms with Gasteiger partial charge in [-0.1, -0.05) is 38.1 Å². The maximum absolute atomic E-state index is 13.5. The summed E-state index contributed by atoms with van der Waals surface area (Å²) in [5.41, 5.74) is 4.66. The molecule has 2 aliphatic heterocycles. The highest BCUT2D eigenvalue weighted by Gasteiger charge is 2.34. The number of ether oxygens (including phenoxy) is 2. The minimum absolute atomic E-state index is 0.251. The number of fused-ring (bicyclic) bond motifs is 1. The molecular formula is C31H38ClN3O5. The van der Waals surface area contributed by atoms with E-state index in [0.717, 1.165) is 22.3 Å². The Bertz CT molecular complexity index is 1280. The number of hydrogen-bond donors (Lipinski definition) is 1. The lowest BCUT2D eigenvalue weighted by Gasteiger charge is -2.34. The van der Waals surface area contributed by atoms with Crippen molar-refractivity contribution in [3.63, 3.8) is 0 Å². The largest absolute Gasteiger partial charge is 0.462 e. The van der Waals surface area contributed by atoms with Gasteiger partial charge < -0.3 is 19.7 Å². The average molecular weight is 568 g/mol. The lowest BCUT2D eigenvalue weighted by Crippen LogP contribution is -2.39. The van der Waals surface area contributed by atoms with Crippen LogP contribution in [0.1, 0.15) is 74.1 Å². The Morgan fingerprint density at radius 2 is 1.77 bits per heavy atom. The Labute approximate surface area is 241 Å². The van der Waals surface area contributed by atoms with Crippen molar-refractivity contribution in [3.05, 3.63) is 70.8 Å². The molecule has 0 aliphatic carbocycles. The third-order valence-corrected chi connectivity index (χ3v) is 7.12. The predicted octanol–water partition coefficient (Wildman–Crippen LogP) is 6.22. The summed E-state index contributed by atoms with van der Waals surface area (Å²) in [7, 11) is 0. The number of halogens is 1. The summed E-state index contributed by atoms with van der Waals surface area (Å²) >= 11 is 6.58. The van der Waals surface area contributed by atoms with Crippen LogP contribution in [0.25, 0.3) is 5.57 Å². The monoisotopic (exact) mass is 567 g/mol. The van der Waals surface area contributed by atoms with Crippen LogP contribution in [0.2, 0.25) is 0 Å². The van der Waals surface area contributed by atoms with E-state index in [1.165, 1.54) is 0 Å². The first-order valence-electron chi connectivity index (χ1n) is 13.7. The molecule has 4 rings (SSSR count). The van der Waals surface area contributed by atoms with Gasteiger partial charge in [0.05, 0.1) is 12.2 Å². The molecule has 8 nitrogen and oxygen atoms in total. The average Bonchev–Trinajstić information content (AvgIpc) is 2.90. The van der Waals surface area contributed by atoms with Crippen LogP contribution in [0.15, 0.2) is 48.5 Å². The Balaban J connectivity index is 1.48. The molecule has 2 aromatic carbocycles. The van der Waals surface area contributed by atoms with E-state index in [2.05, 4.69) is 17.5 Å². The van der Waals surface area contributed by atoms with E-state index in [9.17, 15) is 14.4 Å². The molecular weight excluding hydrogens is 530 g/mol. The topological polar surface area (TPSA) is 88.2 Å². The number of anilines is 1. The van der Waals surface area contributed by atoms with Crippen LogP contribution < -0.4 is 5.32 Å². The zero-order valence-corrected chi connectivity index (χ0v) is 24.6. The molecule has 2 aliphatic rings. The summed E-state index contributed by atoms with van der Waals surface area (Å²) in [6.45, 7) is 11.4. The second kappa shape index (κ2) is 12.4. The molecule has 0 unspecified atom stereocenters. The van der Waals surface area contributed by atoms with Crippen molar-refractivity contribution in [2.24, 2.45) is 5.92 Å². The van der Waals surface area contributed by atoms with Gasteiger partial charge in [0.1, 0.15) is 11.6 Å². The minimum Gasteiger partial charge on any atom is -0.462 e. The van der Waals surface area contributed by atoms with Crippen LogP contribution in [0.3, 0.4) is 0 Å². The number of carbonyl (C=O) groups is 3. The zero-order valence-electron chi connectivity index (χ0n) is 23.8. The summed E-state index contributed by atoms with van der Waals surface area (Å²) in [6.07, 6.45) is 3.16. The quantitative estimate of drug-likeness (QED) is 0.329. The highest BCUT2D eigenvalue weighted by atomic mass is 35.5. The van der Waals surface area contributed by atoms with E-state index in [1.807, 2.05) is 46.8 Å². The molecule has 40 heavy (non-hydrogen) atoms. The van der Waals surface area contributed by atoms with Crippen LogP contribution in [0, 0.1) is 5.92 Å². The lowest BCUT2D eigenvalue weighted by atomic mass is 9.85. The predicted molar refractivity (Wildman–Crippen MR) is 156 cm³/mol. The van der Waals surface area contributed by atoms with E-state index < -0.39 is 17.6 Å². The fraction of sp³-hybridized carbons (Fsp3) is 0.452. The van der Waals surface area contributed by atoms with Crippen molar-refractivity contribution in [3.8, 4) is 0 Å². The molecule has 0 spiro atoms. The molecule has 9 heteroatoms. The van der Waals surface area contributed by atoms with Gasteiger partial charge in [-0.3, -0.25) is 4.79 Å². The van der Waals surface area contributed by atoms with E-state index >= 15 is 0 Å². The second-order valence-corrected chi connectivity index (χ2v) is 12.0. The number of esters is 1. The maximum Gasteiger partial charge on any atom is 0.410 e. The molecule has 2 amide bonds. The fourth-order valence-corrected chi connectivity index (χ4v) is 5.12. The third kappa shape index (κ3) is 7.23. The summed E-state index contributed by atoms with van der Waals surface area (Å²) < 4.78 is 12.3. The Morgan fingerprint density at radius 3 is 2.40 bits per heavy atom. The van der Waals surface area contributed by atoms with E-state index in [4.69, 9.17) is 21.3 Å². The smallest absolute Gasteiger partial charge is 0.410 e. The second-order valence-electron chi connectivity index (χ2n) is 11.6. The zero-order chi connectivity index (χ0) is 29.0. The Morgan fingerprint density at radius 1 is 1.05 bits per heavy atom. The Kier molecular flexibility index (Phi) is 9.21. The molecule has 2 heterocycles. The molecule has 0 saturated heterocycles. The van der Waals surface area contributed by atoms with E-state index in [0.29, 0.717) is 50.3 Å². The van der Waals surface area contributed by atoms with Gasteiger partial charge in [0.15, 0.2) is 0 Å². The van der Waals surface area contributed by atoms with Gasteiger partial charge in [0, 0.05) is 25.3 Å². The first-order valence-corrected chi connectivity index (χ1v) is 14.1. The van der Waals surface area contributed by atoms with Crippen molar-refractivity contribution in [2.75, 3.05) is 31.6 Å². The van der Waals surface area contributed by atoms with Crippen molar-refractivity contribution in [2.45, 2.75) is 59.1 Å². The summed E-state index contributed by atoms with van der Waals surface area (Å²) in [5.74, 6) is -0.392. The number of rotatable bonds is 6.